The molecule has 0 aliphatic rings. The van der Waals surface area contributed by atoms with Gasteiger partial charge in [0.05, 0.1) is 0 Å². The normalized spacial score (nSPS) is 9.32. The van der Waals surface area contributed by atoms with Crippen LogP contribution in [0, 0.1) is 45.3 Å². The average Bonchev–Trinajstić information content (AvgIpc) is 2.82. The van der Waals surface area contributed by atoms with E-state index in [1.165, 1.54) is 24.3 Å². The first-order valence-corrected chi connectivity index (χ1v) is 9.21. The van der Waals surface area contributed by atoms with Crippen LogP contribution >= 0.6 is 0 Å². The molecule has 144 valence electrons. The number of para-hydroxylation sites is 4. The highest BCUT2D eigenvalue weighted by Gasteiger charge is 2.10. The molecule has 0 saturated carbocycles. The fourth-order valence-electron chi connectivity index (χ4n) is 3.06. The van der Waals surface area contributed by atoms with Crippen LogP contribution in [0.2, 0.25) is 0 Å². The Bertz CT molecular complexity index is 1420. The van der Waals surface area contributed by atoms with E-state index in [2.05, 4.69) is 28.7 Å². The lowest BCUT2D eigenvalue weighted by molar-refractivity contribution is -0.617. The molecular weight excluding hydrogens is 384 g/mol. The molecule has 0 amide bonds. The third kappa shape index (κ3) is 4.36. The van der Waals surface area contributed by atoms with E-state index in [9.17, 15) is 0 Å². The van der Waals surface area contributed by atoms with Crippen LogP contribution in [0.5, 0.6) is 0 Å². The van der Waals surface area contributed by atoms with Gasteiger partial charge in [-0.3, -0.25) is 0 Å². The minimum absolute atomic E-state index is 0.00187. The Labute approximate surface area is 178 Å². The minimum atomic E-state index is 0.00187. The summed E-state index contributed by atoms with van der Waals surface area (Å²) < 4.78 is 2.18. The molecule has 31 heavy (non-hydrogen) atoms. The molecule has 0 saturated heterocycles. The third-order valence-corrected chi connectivity index (χ3v) is 4.64. The Morgan fingerprint density at radius 3 is 1.32 bits per heavy atom. The van der Waals surface area contributed by atoms with Gasteiger partial charge < -0.3 is 0 Å². The lowest BCUT2D eigenvalue weighted by Gasteiger charge is -1.99. The number of hydrogen-bond acceptors (Lipinski definition) is 5. The minimum Gasteiger partial charge on any atom is -0.235 e. The van der Waals surface area contributed by atoms with Gasteiger partial charge in [0, 0.05) is 22.6 Å². The van der Waals surface area contributed by atoms with Gasteiger partial charge >= 0.3 is 0 Å². The summed E-state index contributed by atoms with van der Waals surface area (Å²) in [7, 11) is 2.08. The van der Waals surface area contributed by atoms with Crippen LogP contribution in [0.25, 0.3) is 33.2 Å². The maximum absolute atomic E-state index is 8.63. The fourth-order valence-corrected chi connectivity index (χ4v) is 3.06. The van der Waals surface area contributed by atoms with Gasteiger partial charge in [-0.05, 0) is 12.1 Å². The first-order chi connectivity index (χ1) is 15.1. The van der Waals surface area contributed by atoms with Gasteiger partial charge in [0.15, 0.2) is 0 Å². The Morgan fingerprint density at radius 2 is 0.968 bits per heavy atom. The van der Waals surface area contributed by atoms with Crippen molar-refractivity contribution in [3.63, 3.8) is 0 Å². The molecule has 0 aliphatic heterocycles. The van der Waals surface area contributed by atoms with Gasteiger partial charge in [-0.25, -0.2) is 4.98 Å². The molecule has 0 bridgehead atoms. The average molecular weight is 399 g/mol. The summed E-state index contributed by atoms with van der Waals surface area (Å²) in [5, 5.41) is 35.5. The number of rotatable bonds is 0. The quantitative estimate of drug-likeness (QED) is 0.333. The molecular formula is C25H15N6+. The molecule has 0 N–H and O–H groups in total. The Kier molecular flexibility index (Phi) is 6.30. The highest BCUT2D eigenvalue weighted by molar-refractivity contribution is 5.81. The van der Waals surface area contributed by atoms with Crippen molar-refractivity contribution in [1.82, 2.24) is 4.98 Å². The Morgan fingerprint density at radius 1 is 0.613 bits per heavy atom. The number of fused-ring (bicyclic) bond motifs is 2. The first kappa shape index (κ1) is 20.7. The highest BCUT2D eigenvalue weighted by atomic mass is 15.0. The van der Waals surface area contributed by atoms with E-state index in [4.69, 9.17) is 21.0 Å². The van der Waals surface area contributed by atoms with Crippen LogP contribution in [0.4, 0.5) is 0 Å². The van der Waals surface area contributed by atoms with Crippen molar-refractivity contribution >= 4 is 33.2 Å². The molecule has 1 heterocycles. The predicted octanol–water partition coefficient (Wildman–Crippen LogP) is 2.29. The number of nitriles is 4. The van der Waals surface area contributed by atoms with E-state index < -0.39 is 0 Å². The molecule has 1 aromatic heterocycles. The topological polar surface area (TPSA) is 112 Å². The highest BCUT2D eigenvalue weighted by Crippen LogP contribution is 2.12. The second-order valence-corrected chi connectivity index (χ2v) is 6.42. The largest absolute Gasteiger partial charge is 0.235 e. The maximum Gasteiger partial charge on any atom is 0.231 e. The zero-order valence-corrected chi connectivity index (χ0v) is 16.6. The van der Waals surface area contributed by atoms with Crippen LogP contribution in [0.15, 0.2) is 72.8 Å². The van der Waals surface area contributed by atoms with E-state index in [1.807, 2.05) is 36.4 Å². The van der Waals surface area contributed by atoms with E-state index >= 15 is 0 Å². The van der Waals surface area contributed by atoms with Crippen molar-refractivity contribution in [2.45, 2.75) is 0 Å². The second-order valence-electron chi connectivity index (χ2n) is 6.42. The van der Waals surface area contributed by atoms with Crippen molar-refractivity contribution in [3.05, 3.63) is 83.2 Å². The summed E-state index contributed by atoms with van der Waals surface area (Å²) in [4.78, 5) is 4.62. The van der Waals surface area contributed by atoms with Gasteiger partial charge in [0.25, 0.3) is 0 Å². The molecule has 4 rings (SSSR count). The van der Waals surface area contributed by atoms with Crippen molar-refractivity contribution in [3.8, 4) is 24.3 Å². The molecule has 0 radical (unpaired) electrons. The summed E-state index contributed by atoms with van der Waals surface area (Å²) in [6, 6.07) is 29.6. The van der Waals surface area contributed by atoms with Crippen molar-refractivity contribution in [2.24, 2.45) is 7.05 Å². The van der Waals surface area contributed by atoms with E-state index in [1.54, 1.807) is 24.3 Å². The number of nitrogens with zero attached hydrogens (tertiary/aromatic N) is 6. The maximum atomic E-state index is 8.63. The smallest absolute Gasteiger partial charge is 0.231 e. The lowest BCUT2D eigenvalue weighted by atomic mass is 10.1. The molecule has 6 heteroatoms. The zero-order chi connectivity index (χ0) is 22.2. The third-order valence-electron chi connectivity index (χ3n) is 4.64. The molecule has 6 nitrogen and oxygen atoms in total. The standard InChI is InChI=1S/C13H11N2.C12H4N4/c1-15-12-8-4-2-6-10(12)14-11-7-3-5-9-13(11)15;13-5-11(6-14)9-1-2-10(4-3-9)12(7-15)8-16/h2-9H,1H3;1-4H/q+1;. The number of hydrogen-bond donors (Lipinski definition) is 0. The molecule has 0 fully saturated rings. The summed E-state index contributed by atoms with van der Waals surface area (Å²) in [5.41, 5.74) is 4.41. The number of aromatic nitrogens is 2. The number of benzene rings is 3. The van der Waals surface area contributed by atoms with Crippen LogP contribution in [0.3, 0.4) is 0 Å². The fraction of sp³-hybridized carbons (Fsp3) is 0.0400. The molecule has 0 spiro atoms. The Balaban J connectivity index is 0.000000176. The second kappa shape index (κ2) is 9.44. The van der Waals surface area contributed by atoms with E-state index in [0.717, 1.165) is 22.1 Å². The van der Waals surface area contributed by atoms with Gasteiger partial charge in [-0.15, -0.1) is 0 Å². The van der Waals surface area contributed by atoms with Crippen LogP contribution < -0.4 is 15.0 Å². The van der Waals surface area contributed by atoms with Gasteiger partial charge in [-0.2, -0.15) is 25.6 Å². The van der Waals surface area contributed by atoms with Crippen LogP contribution in [0.1, 0.15) is 0 Å². The summed E-state index contributed by atoms with van der Waals surface area (Å²) in [5.74, 6) is 0. The first-order valence-electron chi connectivity index (χ1n) is 9.21. The van der Waals surface area contributed by atoms with E-state index in [-0.39, 0.29) is 11.1 Å². The molecule has 0 unspecified atom stereocenters. The van der Waals surface area contributed by atoms with Gasteiger partial charge in [-0.1, -0.05) is 48.5 Å². The number of aryl methyl sites for hydroxylation is 1. The summed E-state index contributed by atoms with van der Waals surface area (Å²) >= 11 is 0. The Hall–Kier alpha value is -5.04. The van der Waals surface area contributed by atoms with E-state index in [0.29, 0.717) is 10.4 Å². The summed E-state index contributed by atoms with van der Waals surface area (Å²) in [6.07, 6.45) is 0. The van der Waals surface area contributed by atoms with Crippen molar-refractivity contribution in [1.29, 1.82) is 21.0 Å². The molecule has 0 atom stereocenters. The molecule has 0 aliphatic carbocycles. The SMILES string of the molecule is C[n+]1c2ccccc2nc2ccccc21.N#CC(C#N)=c1ccc(=C(C#N)C#N)cc1. The zero-order valence-electron chi connectivity index (χ0n) is 16.6. The molecule has 4 aromatic rings. The summed E-state index contributed by atoms with van der Waals surface area (Å²) in [6.45, 7) is 0. The van der Waals surface area contributed by atoms with Gasteiger partial charge in [0.2, 0.25) is 11.0 Å². The molecule has 3 aromatic carbocycles. The van der Waals surface area contributed by atoms with Crippen LogP contribution in [-0.4, -0.2) is 4.98 Å². The lowest BCUT2D eigenvalue weighted by Crippen LogP contribution is -2.30. The van der Waals surface area contributed by atoms with Crippen molar-refractivity contribution in [2.75, 3.05) is 0 Å². The predicted molar refractivity (Wildman–Crippen MR) is 115 cm³/mol. The van der Waals surface area contributed by atoms with Crippen LogP contribution in [-0.2, 0) is 7.05 Å². The monoisotopic (exact) mass is 399 g/mol. The van der Waals surface area contributed by atoms with Gasteiger partial charge in [0.1, 0.15) is 53.5 Å². The van der Waals surface area contributed by atoms with Crippen molar-refractivity contribution < 1.29 is 4.57 Å².